The number of nitrogens with zero attached hydrogens (tertiary/aromatic N) is 2. The Balaban J connectivity index is 2.30. The van der Waals surface area contributed by atoms with E-state index in [1.54, 1.807) is 26.5 Å². The van der Waals surface area contributed by atoms with Gasteiger partial charge in [-0.15, -0.1) is 0 Å². The Morgan fingerprint density at radius 1 is 1.14 bits per heavy atom. The van der Waals surface area contributed by atoms with Gasteiger partial charge in [0.1, 0.15) is 16.5 Å². The smallest absolute Gasteiger partial charge is 0.224 e. The van der Waals surface area contributed by atoms with Crippen molar-refractivity contribution in [3.8, 4) is 11.5 Å². The van der Waals surface area contributed by atoms with Crippen molar-refractivity contribution < 1.29 is 9.47 Å². The highest BCUT2D eigenvalue weighted by Crippen LogP contribution is 2.29. The number of nitrogens with one attached hydrogen (secondary N) is 2. The Morgan fingerprint density at radius 2 is 1.81 bits per heavy atom. The summed E-state index contributed by atoms with van der Waals surface area (Å²) < 4.78 is 10.5. The van der Waals surface area contributed by atoms with Crippen LogP contribution in [-0.2, 0) is 0 Å². The van der Waals surface area contributed by atoms with E-state index in [0.29, 0.717) is 28.3 Å². The molecule has 2 N–H and O–H groups in total. The first-order valence-electron chi connectivity index (χ1n) is 6.42. The number of hydrogen-bond acceptors (Lipinski definition) is 6. The molecule has 0 spiro atoms. The predicted molar refractivity (Wildman–Crippen MR) is 84.0 cm³/mol. The molecule has 0 saturated heterocycles. The van der Waals surface area contributed by atoms with Crippen molar-refractivity contribution in [2.45, 2.75) is 6.92 Å². The highest BCUT2D eigenvalue weighted by atomic mass is 35.5. The predicted octanol–water partition coefficient (Wildman–Crippen LogP) is 3.32. The van der Waals surface area contributed by atoms with E-state index in [4.69, 9.17) is 21.1 Å². The number of rotatable bonds is 6. The average molecular weight is 309 g/mol. The zero-order valence-corrected chi connectivity index (χ0v) is 12.9. The molecule has 1 heterocycles. The van der Waals surface area contributed by atoms with E-state index in [-0.39, 0.29) is 0 Å². The van der Waals surface area contributed by atoms with Gasteiger partial charge >= 0.3 is 0 Å². The van der Waals surface area contributed by atoms with Crippen molar-refractivity contribution in [2.24, 2.45) is 0 Å². The Kier molecular flexibility index (Phi) is 5.05. The Morgan fingerprint density at radius 3 is 2.38 bits per heavy atom. The normalized spacial score (nSPS) is 10.1. The van der Waals surface area contributed by atoms with Gasteiger partial charge in [0.15, 0.2) is 5.82 Å². The van der Waals surface area contributed by atoms with Crippen molar-refractivity contribution >= 4 is 29.1 Å². The summed E-state index contributed by atoms with van der Waals surface area (Å²) in [5.74, 6) is 2.38. The van der Waals surface area contributed by atoms with Gasteiger partial charge in [0, 0.05) is 30.4 Å². The minimum Gasteiger partial charge on any atom is -0.497 e. The molecule has 0 atom stereocenters. The third kappa shape index (κ3) is 3.88. The minimum absolute atomic E-state index is 0.429. The molecular formula is C14H17ClN4O2. The molecule has 0 saturated carbocycles. The second-order valence-corrected chi connectivity index (χ2v) is 4.55. The van der Waals surface area contributed by atoms with Crippen molar-refractivity contribution in [1.29, 1.82) is 0 Å². The summed E-state index contributed by atoms with van der Waals surface area (Å²) in [7, 11) is 3.19. The van der Waals surface area contributed by atoms with Crippen LogP contribution in [0.2, 0.25) is 5.02 Å². The van der Waals surface area contributed by atoms with E-state index in [9.17, 15) is 0 Å². The first-order chi connectivity index (χ1) is 10.2. The summed E-state index contributed by atoms with van der Waals surface area (Å²) in [6.45, 7) is 2.70. The van der Waals surface area contributed by atoms with Crippen LogP contribution in [0.3, 0.4) is 0 Å². The van der Waals surface area contributed by atoms with Crippen molar-refractivity contribution in [1.82, 2.24) is 9.97 Å². The van der Waals surface area contributed by atoms with Gasteiger partial charge in [-0.3, -0.25) is 0 Å². The van der Waals surface area contributed by atoms with Gasteiger partial charge in [0.25, 0.3) is 0 Å². The number of anilines is 3. The zero-order valence-electron chi connectivity index (χ0n) is 12.1. The second-order valence-electron chi connectivity index (χ2n) is 4.15. The number of benzene rings is 1. The first-order valence-corrected chi connectivity index (χ1v) is 6.80. The van der Waals surface area contributed by atoms with E-state index in [0.717, 1.165) is 12.2 Å². The molecule has 6 nitrogen and oxygen atoms in total. The summed E-state index contributed by atoms with van der Waals surface area (Å²) >= 11 is 6.12. The highest BCUT2D eigenvalue weighted by Gasteiger charge is 2.08. The van der Waals surface area contributed by atoms with Gasteiger partial charge in [-0.1, -0.05) is 11.6 Å². The maximum Gasteiger partial charge on any atom is 0.224 e. The van der Waals surface area contributed by atoms with Gasteiger partial charge in [-0.2, -0.15) is 4.98 Å². The molecule has 7 heteroatoms. The third-order valence-corrected chi connectivity index (χ3v) is 2.97. The fourth-order valence-electron chi connectivity index (χ4n) is 1.71. The van der Waals surface area contributed by atoms with Gasteiger partial charge in [0.2, 0.25) is 5.95 Å². The van der Waals surface area contributed by atoms with Gasteiger partial charge in [-0.05, 0) is 6.92 Å². The lowest BCUT2D eigenvalue weighted by Crippen LogP contribution is -2.04. The molecule has 0 amide bonds. The fraction of sp³-hybridized carbons (Fsp3) is 0.286. The van der Waals surface area contributed by atoms with Crippen LogP contribution >= 0.6 is 11.6 Å². The fourth-order valence-corrected chi connectivity index (χ4v) is 1.85. The third-order valence-electron chi connectivity index (χ3n) is 2.69. The van der Waals surface area contributed by atoms with Gasteiger partial charge in [-0.25, -0.2) is 4.98 Å². The number of ether oxygens (including phenoxy) is 2. The Hall–Kier alpha value is -2.21. The topological polar surface area (TPSA) is 68.3 Å². The molecule has 2 aromatic rings. The van der Waals surface area contributed by atoms with Crippen LogP contribution in [0.1, 0.15) is 6.92 Å². The molecule has 1 aromatic carbocycles. The van der Waals surface area contributed by atoms with Crippen LogP contribution in [0.15, 0.2) is 24.4 Å². The summed E-state index contributed by atoms with van der Waals surface area (Å²) in [6.07, 6.45) is 1.55. The highest BCUT2D eigenvalue weighted by molar-refractivity contribution is 6.32. The standard InChI is InChI=1S/C14H17ClN4O2/c1-4-16-14-17-8-12(15)13(19-14)18-9-5-10(20-2)7-11(6-9)21-3/h5-8H,4H2,1-3H3,(H2,16,17,18,19). The largest absolute Gasteiger partial charge is 0.497 e. The van der Waals surface area contributed by atoms with E-state index < -0.39 is 0 Å². The number of hydrogen-bond donors (Lipinski definition) is 2. The van der Waals surface area contributed by atoms with E-state index in [2.05, 4.69) is 20.6 Å². The molecule has 21 heavy (non-hydrogen) atoms. The van der Waals surface area contributed by atoms with Crippen LogP contribution in [0.25, 0.3) is 0 Å². The Bertz CT molecular complexity index is 600. The lowest BCUT2D eigenvalue weighted by Gasteiger charge is -2.12. The van der Waals surface area contributed by atoms with Gasteiger partial charge in [0.05, 0.1) is 20.4 Å². The SMILES string of the molecule is CCNc1ncc(Cl)c(Nc2cc(OC)cc(OC)c2)n1. The van der Waals surface area contributed by atoms with Crippen LogP contribution < -0.4 is 20.1 Å². The minimum atomic E-state index is 0.429. The number of aromatic nitrogens is 2. The maximum atomic E-state index is 6.12. The maximum absolute atomic E-state index is 6.12. The molecule has 0 aliphatic rings. The van der Waals surface area contributed by atoms with Crippen molar-refractivity contribution in [3.05, 3.63) is 29.4 Å². The van der Waals surface area contributed by atoms with Crippen LogP contribution in [0.5, 0.6) is 11.5 Å². The molecule has 0 radical (unpaired) electrons. The lowest BCUT2D eigenvalue weighted by atomic mass is 10.2. The molecule has 112 valence electrons. The van der Waals surface area contributed by atoms with Crippen molar-refractivity contribution in [2.75, 3.05) is 31.4 Å². The van der Waals surface area contributed by atoms with E-state index in [1.807, 2.05) is 19.1 Å². The molecule has 0 unspecified atom stereocenters. The molecule has 1 aromatic heterocycles. The van der Waals surface area contributed by atoms with E-state index in [1.165, 1.54) is 0 Å². The van der Waals surface area contributed by atoms with Crippen LogP contribution in [0.4, 0.5) is 17.5 Å². The van der Waals surface area contributed by atoms with Crippen LogP contribution in [0, 0.1) is 0 Å². The molecule has 0 fully saturated rings. The van der Waals surface area contributed by atoms with Gasteiger partial charge < -0.3 is 20.1 Å². The summed E-state index contributed by atoms with van der Waals surface area (Å²) in [6, 6.07) is 5.44. The molecule has 0 aliphatic heterocycles. The number of methoxy groups -OCH3 is 2. The first kappa shape index (κ1) is 15.2. The average Bonchev–Trinajstić information content (AvgIpc) is 2.50. The molecule has 2 rings (SSSR count). The Labute approximate surface area is 128 Å². The van der Waals surface area contributed by atoms with Crippen molar-refractivity contribution in [3.63, 3.8) is 0 Å². The number of halogens is 1. The lowest BCUT2D eigenvalue weighted by molar-refractivity contribution is 0.395. The summed E-state index contributed by atoms with van der Waals surface area (Å²) in [5, 5.41) is 6.60. The molecule has 0 bridgehead atoms. The monoisotopic (exact) mass is 308 g/mol. The van der Waals surface area contributed by atoms with E-state index >= 15 is 0 Å². The summed E-state index contributed by atoms with van der Waals surface area (Å²) in [5.41, 5.74) is 0.759. The molecule has 0 aliphatic carbocycles. The summed E-state index contributed by atoms with van der Waals surface area (Å²) in [4.78, 5) is 8.42. The quantitative estimate of drug-likeness (QED) is 0.853. The molecular weight excluding hydrogens is 292 g/mol. The second kappa shape index (κ2) is 6.99. The zero-order chi connectivity index (χ0) is 15.2. The van der Waals surface area contributed by atoms with Crippen LogP contribution in [-0.4, -0.2) is 30.7 Å².